The van der Waals surface area contributed by atoms with E-state index < -0.39 is 6.04 Å². The number of amides is 1. The molecule has 1 aliphatic heterocycles. The van der Waals surface area contributed by atoms with Gasteiger partial charge >= 0.3 is 0 Å². The highest BCUT2D eigenvalue weighted by molar-refractivity contribution is 5.99. The van der Waals surface area contributed by atoms with Crippen LogP contribution in [0, 0.1) is 0 Å². The van der Waals surface area contributed by atoms with Gasteiger partial charge in [-0.3, -0.25) is 4.79 Å². The van der Waals surface area contributed by atoms with Gasteiger partial charge < -0.3 is 34.4 Å². The molecule has 1 atom stereocenters. The maximum absolute atomic E-state index is 13.6. The van der Waals surface area contributed by atoms with E-state index in [1.54, 1.807) is 26.4 Å². The predicted molar refractivity (Wildman–Crippen MR) is 145 cm³/mol. The van der Waals surface area contributed by atoms with Gasteiger partial charge in [-0.05, 0) is 55.7 Å². The van der Waals surface area contributed by atoms with Gasteiger partial charge in [0.2, 0.25) is 0 Å². The molecule has 3 N–H and O–H groups in total. The van der Waals surface area contributed by atoms with Gasteiger partial charge in [-0.2, -0.15) is 0 Å². The molecule has 1 aliphatic rings. The van der Waals surface area contributed by atoms with E-state index in [0.29, 0.717) is 41.6 Å². The lowest BCUT2D eigenvalue weighted by molar-refractivity contribution is 0.0910. The van der Waals surface area contributed by atoms with Gasteiger partial charge in [0.05, 0.1) is 38.5 Å². The maximum atomic E-state index is 13.6. The third kappa shape index (κ3) is 4.87. The fraction of sp³-hybridized carbons (Fsp3) is 0.300. The summed E-state index contributed by atoms with van der Waals surface area (Å²) in [5.41, 5.74) is 4.97. The monoisotopic (exact) mass is 516 g/mol. The van der Waals surface area contributed by atoms with E-state index in [1.165, 1.54) is 0 Å². The zero-order chi connectivity index (χ0) is 26.8. The Kier molecular flexibility index (Phi) is 7.15. The van der Waals surface area contributed by atoms with Crippen molar-refractivity contribution in [2.24, 2.45) is 0 Å². The second kappa shape index (κ2) is 10.7. The minimum atomic E-state index is -0.488. The van der Waals surface area contributed by atoms with Gasteiger partial charge in [-0.1, -0.05) is 18.2 Å². The second-order valence-electron chi connectivity index (χ2n) is 9.58. The summed E-state index contributed by atoms with van der Waals surface area (Å²) >= 11 is 0. The number of nitrogens with one attached hydrogen (secondary N) is 2. The molecule has 3 aromatic carbocycles. The quantitative estimate of drug-likeness (QED) is 0.294. The van der Waals surface area contributed by atoms with E-state index >= 15 is 0 Å². The molecular formula is C30H32N2O6. The van der Waals surface area contributed by atoms with Crippen LogP contribution in [-0.4, -0.2) is 49.0 Å². The molecule has 0 aliphatic carbocycles. The predicted octanol–water partition coefficient (Wildman–Crippen LogP) is 4.87. The van der Waals surface area contributed by atoms with E-state index in [-0.39, 0.29) is 18.6 Å². The molecule has 4 aromatic rings. The molecule has 198 valence electrons. The number of hydrogen-bond acceptors (Lipinski definition) is 6. The number of hydrogen-bond donors (Lipinski definition) is 3. The minimum absolute atomic E-state index is 0.153. The number of aliphatic hydroxyl groups is 1. The Morgan fingerprint density at radius 1 is 1.05 bits per heavy atom. The van der Waals surface area contributed by atoms with Crippen molar-refractivity contribution in [3.8, 4) is 34.1 Å². The lowest BCUT2D eigenvalue weighted by Crippen LogP contribution is -2.39. The van der Waals surface area contributed by atoms with Crippen molar-refractivity contribution >= 4 is 16.8 Å². The van der Waals surface area contributed by atoms with Crippen LogP contribution in [0.1, 0.15) is 35.3 Å². The van der Waals surface area contributed by atoms with E-state index in [2.05, 4.69) is 10.3 Å². The summed E-state index contributed by atoms with van der Waals surface area (Å²) in [4.78, 5) is 16.9. The Labute approximate surface area is 221 Å². The standard InChI is InChI=1S/C30H32N2O6/c1-17(2)38-27-13-26-23(22-12-29(36-4)28(35-3)10-19(22)16-37-26)11-24(27)30(34)32-20(15-33)9-18-14-31-25-8-6-5-7-21(18)25/h5-8,10-14,17,20,31,33H,9,15-16H2,1-4H3,(H,32,34). The summed E-state index contributed by atoms with van der Waals surface area (Å²) in [5.74, 6) is 1.90. The summed E-state index contributed by atoms with van der Waals surface area (Å²) in [6.07, 6.45) is 2.24. The molecule has 0 saturated heterocycles. The number of carbonyl (C=O) groups excluding carboxylic acids is 1. The lowest BCUT2D eigenvalue weighted by Gasteiger charge is -2.25. The first-order valence-electron chi connectivity index (χ1n) is 12.6. The number of ether oxygens (including phenoxy) is 4. The molecule has 5 rings (SSSR count). The van der Waals surface area contributed by atoms with Crippen LogP contribution in [0.3, 0.4) is 0 Å². The van der Waals surface area contributed by atoms with Crippen LogP contribution in [0.5, 0.6) is 23.0 Å². The number of benzene rings is 3. The van der Waals surface area contributed by atoms with Gasteiger partial charge in [0.1, 0.15) is 18.1 Å². The van der Waals surface area contributed by atoms with Crippen LogP contribution in [0.2, 0.25) is 0 Å². The van der Waals surface area contributed by atoms with Crippen molar-refractivity contribution in [1.82, 2.24) is 10.3 Å². The topological polar surface area (TPSA) is 102 Å². The molecule has 8 heteroatoms. The fourth-order valence-corrected chi connectivity index (χ4v) is 4.86. The third-order valence-corrected chi connectivity index (χ3v) is 6.67. The average molecular weight is 517 g/mol. The molecule has 8 nitrogen and oxygen atoms in total. The zero-order valence-electron chi connectivity index (χ0n) is 22.0. The van der Waals surface area contributed by atoms with Crippen molar-refractivity contribution in [1.29, 1.82) is 0 Å². The molecule has 0 radical (unpaired) electrons. The Hall–Kier alpha value is -4.17. The van der Waals surface area contributed by atoms with Gasteiger partial charge in [0, 0.05) is 34.3 Å². The largest absolute Gasteiger partial charge is 0.493 e. The number of aromatic amines is 1. The summed E-state index contributed by atoms with van der Waals surface area (Å²) in [5, 5.41) is 14.2. The summed E-state index contributed by atoms with van der Waals surface area (Å²) in [6.45, 7) is 3.95. The molecule has 1 amide bonds. The van der Waals surface area contributed by atoms with Gasteiger partial charge in [0.15, 0.2) is 11.5 Å². The highest BCUT2D eigenvalue weighted by Crippen LogP contribution is 2.45. The van der Waals surface area contributed by atoms with Crippen LogP contribution in [-0.2, 0) is 13.0 Å². The number of aromatic nitrogens is 1. The fourth-order valence-electron chi connectivity index (χ4n) is 4.86. The number of rotatable bonds is 9. The number of aliphatic hydroxyl groups excluding tert-OH is 1. The molecule has 1 unspecified atom stereocenters. The van der Waals surface area contributed by atoms with Gasteiger partial charge in [-0.25, -0.2) is 0 Å². The molecule has 0 spiro atoms. The highest BCUT2D eigenvalue weighted by Gasteiger charge is 2.26. The van der Waals surface area contributed by atoms with Gasteiger partial charge in [-0.15, -0.1) is 0 Å². The molecule has 0 fully saturated rings. The molecular weight excluding hydrogens is 484 g/mol. The van der Waals surface area contributed by atoms with Crippen LogP contribution < -0.4 is 24.3 Å². The Morgan fingerprint density at radius 3 is 2.55 bits per heavy atom. The van der Waals surface area contributed by atoms with Crippen molar-refractivity contribution in [3.63, 3.8) is 0 Å². The molecule has 0 bridgehead atoms. The summed E-state index contributed by atoms with van der Waals surface area (Å²) in [6, 6.07) is 14.8. The Balaban J connectivity index is 1.49. The van der Waals surface area contributed by atoms with E-state index in [4.69, 9.17) is 18.9 Å². The van der Waals surface area contributed by atoms with E-state index in [1.807, 2.05) is 56.4 Å². The lowest BCUT2D eigenvalue weighted by atomic mass is 9.94. The first-order valence-corrected chi connectivity index (χ1v) is 12.6. The first-order chi connectivity index (χ1) is 18.4. The summed E-state index contributed by atoms with van der Waals surface area (Å²) < 4.78 is 23.0. The van der Waals surface area contributed by atoms with Crippen LogP contribution in [0.15, 0.2) is 54.7 Å². The van der Waals surface area contributed by atoms with E-state index in [0.717, 1.165) is 33.2 Å². The molecule has 1 aromatic heterocycles. The van der Waals surface area contributed by atoms with Crippen LogP contribution in [0.4, 0.5) is 0 Å². The summed E-state index contributed by atoms with van der Waals surface area (Å²) in [7, 11) is 3.18. The number of methoxy groups -OCH3 is 2. The van der Waals surface area contributed by atoms with Crippen LogP contribution in [0.25, 0.3) is 22.0 Å². The van der Waals surface area contributed by atoms with Crippen molar-refractivity contribution in [3.05, 3.63) is 71.4 Å². The number of fused-ring (bicyclic) bond motifs is 4. The number of carbonyl (C=O) groups is 1. The minimum Gasteiger partial charge on any atom is -0.493 e. The SMILES string of the molecule is COc1cc2c(cc1OC)-c1cc(C(=O)NC(CO)Cc3c[nH]c4ccccc34)c(OC(C)C)cc1OC2. The Morgan fingerprint density at radius 2 is 1.82 bits per heavy atom. The molecule has 2 heterocycles. The number of H-pyrrole nitrogens is 1. The van der Waals surface area contributed by atoms with Crippen LogP contribution >= 0.6 is 0 Å². The zero-order valence-corrected chi connectivity index (χ0v) is 22.0. The smallest absolute Gasteiger partial charge is 0.255 e. The maximum Gasteiger partial charge on any atom is 0.255 e. The average Bonchev–Trinajstić information content (AvgIpc) is 3.33. The second-order valence-corrected chi connectivity index (χ2v) is 9.58. The third-order valence-electron chi connectivity index (χ3n) is 6.67. The normalized spacial score (nSPS) is 12.9. The van der Waals surface area contributed by atoms with Crippen molar-refractivity contribution in [2.75, 3.05) is 20.8 Å². The Bertz CT molecular complexity index is 1480. The number of para-hydroxylation sites is 1. The molecule has 38 heavy (non-hydrogen) atoms. The first kappa shape index (κ1) is 25.5. The van der Waals surface area contributed by atoms with Crippen molar-refractivity contribution < 1.29 is 28.8 Å². The van der Waals surface area contributed by atoms with Crippen molar-refractivity contribution in [2.45, 2.75) is 39.0 Å². The van der Waals surface area contributed by atoms with E-state index in [9.17, 15) is 9.90 Å². The highest BCUT2D eigenvalue weighted by atomic mass is 16.5. The van der Waals surface area contributed by atoms with Gasteiger partial charge in [0.25, 0.3) is 5.91 Å². The molecule has 0 saturated carbocycles.